The van der Waals surface area contributed by atoms with Crippen molar-refractivity contribution in [3.05, 3.63) is 0 Å². The average molecular weight is 289 g/mol. The first kappa shape index (κ1) is 15.7. The van der Waals surface area contributed by atoms with Gasteiger partial charge in [-0.25, -0.2) is 8.42 Å². The molecule has 0 bridgehead atoms. The van der Waals surface area contributed by atoms with Gasteiger partial charge in [-0.15, -0.1) is 0 Å². The molecule has 1 rings (SSSR count). The molecule has 108 valence electrons. The van der Waals surface area contributed by atoms with Crippen molar-refractivity contribution in [2.75, 3.05) is 5.75 Å². The molecule has 1 N–H and O–H groups in total. The van der Waals surface area contributed by atoms with E-state index < -0.39 is 45.9 Å². The lowest BCUT2D eigenvalue weighted by molar-refractivity contribution is -0.275. The van der Waals surface area contributed by atoms with Gasteiger partial charge in [0.15, 0.2) is 5.60 Å². The van der Waals surface area contributed by atoms with Crippen LogP contribution in [0.5, 0.6) is 0 Å². The Balaban J connectivity index is 2.63. The minimum atomic E-state index is -4.67. The fourth-order valence-electron chi connectivity index (χ4n) is 2.17. The molecule has 0 unspecified atom stereocenters. The van der Waals surface area contributed by atoms with Crippen LogP contribution in [0, 0.1) is 5.41 Å². The summed E-state index contributed by atoms with van der Waals surface area (Å²) in [6, 6.07) is 0. The van der Waals surface area contributed by atoms with Gasteiger partial charge in [0.1, 0.15) is 0 Å². The van der Waals surface area contributed by atoms with E-state index in [-0.39, 0.29) is 19.3 Å². The smallest absolute Gasteiger partial charge is 0.417 e. The molecule has 1 saturated carbocycles. The summed E-state index contributed by atoms with van der Waals surface area (Å²) >= 11 is 0. The SMILES string of the molecule is CC1(CCS(=O)(=O)[O-])CCC(O)(C(F)(F)F)CC1. The van der Waals surface area contributed by atoms with Crippen molar-refractivity contribution >= 4 is 10.1 Å². The average Bonchev–Trinajstić information content (AvgIpc) is 2.18. The van der Waals surface area contributed by atoms with Crippen molar-refractivity contribution in [2.45, 2.75) is 50.8 Å². The normalized spacial score (nSPS) is 34.6. The van der Waals surface area contributed by atoms with Gasteiger partial charge in [0.05, 0.1) is 10.1 Å². The van der Waals surface area contributed by atoms with E-state index in [1.54, 1.807) is 6.92 Å². The standard InChI is InChI=1S/C10H17F3O4S/c1-8(6-7-18(15,16)17)2-4-9(14,5-3-8)10(11,12)13/h14H,2-7H2,1H3,(H,15,16,17)/p-1. The molecular weight excluding hydrogens is 273 g/mol. The Bertz CT molecular complexity index is 394. The van der Waals surface area contributed by atoms with Gasteiger partial charge in [-0.3, -0.25) is 0 Å². The molecule has 0 aromatic heterocycles. The third kappa shape index (κ3) is 3.83. The molecule has 1 aliphatic carbocycles. The van der Waals surface area contributed by atoms with Crippen LogP contribution in [0.15, 0.2) is 0 Å². The van der Waals surface area contributed by atoms with Crippen molar-refractivity contribution in [1.82, 2.24) is 0 Å². The van der Waals surface area contributed by atoms with Crippen molar-refractivity contribution in [1.29, 1.82) is 0 Å². The van der Waals surface area contributed by atoms with E-state index in [2.05, 4.69) is 0 Å². The zero-order chi connectivity index (χ0) is 14.2. The predicted molar refractivity (Wildman–Crippen MR) is 56.8 cm³/mol. The van der Waals surface area contributed by atoms with Crippen molar-refractivity contribution < 1.29 is 31.2 Å². The molecule has 1 fully saturated rings. The minimum Gasteiger partial charge on any atom is -0.748 e. The lowest BCUT2D eigenvalue weighted by Gasteiger charge is -2.43. The molecule has 1 aliphatic rings. The van der Waals surface area contributed by atoms with Gasteiger partial charge in [-0.05, 0) is 37.5 Å². The van der Waals surface area contributed by atoms with Crippen molar-refractivity contribution in [3.63, 3.8) is 0 Å². The highest BCUT2D eigenvalue weighted by atomic mass is 32.2. The van der Waals surface area contributed by atoms with E-state index in [0.29, 0.717) is 0 Å². The molecule has 0 heterocycles. The van der Waals surface area contributed by atoms with Crippen LogP contribution in [0.4, 0.5) is 13.2 Å². The van der Waals surface area contributed by atoms with Crippen LogP contribution in [0.2, 0.25) is 0 Å². The van der Waals surface area contributed by atoms with Crippen molar-refractivity contribution in [2.24, 2.45) is 5.41 Å². The van der Waals surface area contributed by atoms with Gasteiger partial charge < -0.3 is 9.66 Å². The van der Waals surface area contributed by atoms with E-state index in [4.69, 9.17) is 0 Å². The monoisotopic (exact) mass is 289 g/mol. The maximum atomic E-state index is 12.6. The van der Waals surface area contributed by atoms with E-state index >= 15 is 0 Å². The summed E-state index contributed by atoms with van der Waals surface area (Å²) in [5.41, 5.74) is -3.31. The first-order chi connectivity index (χ1) is 7.87. The van der Waals surface area contributed by atoms with Gasteiger partial charge in [0.2, 0.25) is 0 Å². The van der Waals surface area contributed by atoms with Gasteiger partial charge in [0.25, 0.3) is 0 Å². The number of hydrogen-bond acceptors (Lipinski definition) is 4. The Labute approximate surface area is 104 Å². The Morgan fingerprint density at radius 2 is 1.67 bits per heavy atom. The summed E-state index contributed by atoms with van der Waals surface area (Å²) in [6.45, 7) is 1.65. The molecule has 18 heavy (non-hydrogen) atoms. The highest BCUT2D eigenvalue weighted by Crippen LogP contribution is 2.48. The first-order valence-electron chi connectivity index (χ1n) is 5.60. The number of rotatable bonds is 3. The Morgan fingerprint density at radius 1 is 1.22 bits per heavy atom. The summed E-state index contributed by atoms with van der Waals surface area (Å²) in [6.07, 6.45) is -5.43. The fourth-order valence-corrected chi connectivity index (χ4v) is 2.91. The Hall–Kier alpha value is -0.340. The van der Waals surface area contributed by atoms with E-state index in [1.165, 1.54) is 0 Å². The molecule has 0 aliphatic heterocycles. The molecular formula is C10H16F3O4S-. The Morgan fingerprint density at radius 3 is 2.00 bits per heavy atom. The van der Waals surface area contributed by atoms with Crippen LogP contribution >= 0.6 is 0 Å². The van der Waals surface area contributed by atoms with E-state index in [1.807, 2.05) is 0 Å². The van der Waals surface area contributed by atoms with Crippen molar-refractivity contribution in [3.8, 4) is 0 Å². The molecule has 0 amide bonds. The molecule has 0 aromatic carbocycles. The molecule has 0 atom stereocenters. The van der Waals surface area contributed by atoms with Crippen LogP contribution in [-0.4, -0.2) is 35.6 Å². The zero-order valence-electron chi connectivity index (χ0n) is 9.96. The van der Waals surface area contributed by atoms with E-state index in [9.17, 15) is 31.2 Å². The maximum absolute atomic E-state index is 12.6. The van der Waals surface area contributed by atoms with Crippen LogP contribution in [-0.2, 0) is 10.1 Å². The Kier molecular flexibility index (Phi) is 4.06. The third-order valence-corrected chi connectivity index (χ3v) is 4.47. The lowest BCUT2D eigenvalue weighted by Crippen LogP contribution is -2.49. The summed E-state index contributed by atoms with van der Waals surface area (Å²) in [4.78, 5) is 0. The number of hydrogen-bond donors (Lipinski definition) is 1. The number of halogens is 3. The highest BCUT2D eigenvalue weighted by Gasteiger charge is 2.56. The van der Waals surface area contributed by atoms with Gasteiger partial charge in [-0.1, -0.05) is 6.92 Å². The fraction of sp³-hybridized carbons (Fsp3) is 1.00. The number of alkyl halides is 3. The highest BCUT2D eigenvalue weighted by molar-refractivity contribution is 7.85. The van der Waals surface area contributed by atoms with Crippen LogP contribution in [0.3, 0.4) is 0 Å². The van der Waals surface area contributed by atoms with Crippen LogP contribution in [0.25, 0.3) is 0 Å². The second-order valence-electron chi connectivity index (χ2n) is 5.35. The minimum absolute atomic E-state index is 0.0345. The van der Waals surface area contributed by atoms with Crippen LogP contribution < -0.4 is 0 Å². The van der Waals surface area contributed by atoms with Gasteiger partial charge >= 0.3 is 6.18 Å². The molecule has 4 nitrogen and oxygen atoms in total. The maximum Gasteiger partial charge on any atom is 0.417 e. The predicted octanol–water partition coefficient (Wildman–Crippen LogP) is 1.80. The topological polar surface area (TPSA) is 77.4 Å². The summed E-state index contributed by atoms with van der Waals surface area (Å²) < 4.78 is 69.2. The quantitative estimate of drug-likeness (QED) is 0.804. The van der Waals surface area contributed by atoms with Gasteiger partial charge in [-0.2, -0.15) is 13.2 Å². The molecule has 0 spiro atoms. The van der Waals surface area contributed by atoms with Crippen LogP contribution in [0.1, 0.15) is 39.0 Å². The molecule has 0 radical (unpaired) electrons. The summed E-state index contributed by atoms with van der Waals surface area (Å²) in [5.74, 6) is -0.575. The zero-order valence-corrected chi connectivity index (χ0v) is 10.8. The number of aliphatic hydroxyl groups is 1. The van der Waals surface area contributed by atoms with E-state index in [0.717, 1.165) is 0 Å². The largest absolute Gasteiger partial charge is 0.748 e. The lowest BCUT2D eigenvalue weighted by atomic mass is 9.68. The van der Waals surface area contributed by atoms with Gasteiger partial charge in [0, 0.05) is 5.75 Å². The molecule has 8 heteroatoms. The summed E-state index contributed by atoms with van der Waals surface area (Å²) in [5, 5.41) is 9.46. The molecule has 0 aromatic rings. The second-order valence-corrected chi connectivity index (χ2v) is 6.88. The molecule has 0 saturated heterocycles. The third-order valence-electron chi connectivity index (χ3n) is 3.77. The first-order valence-corrected chi connectivity index (χ1v) is 7.17. The summed E-state index contributed by atoms with van der Waals surface area (Å²) in [7, 11) is -4.35. The second kappa shape index (κ2) is 4.64.